The molecule has 0 radical (unpaired) electrons. The zero-order chi connectivity index (χ0) is 26.2. The number of aryl methyl sites for hydroxylation is 1. The minimum absolute atomic E-state index is 0.199. The van der Waals surface area contributed by atoms with Crippen molar-refractivity contribution in [2.45, 2.75) is 33.1 Å². The lowest BCUT2D eigenvalue weighted by molar-refractivity contribution is 0.0681. The number of benzene rings is 5. The van der Waals surface area contributed by atoms with Crippen molar-refractivity contribution >= 4 is 33.5 Å². The predicted molar refractivity (Wildman–Crippen MR) is 148 cm³/mol. The van der Waals surface area contributed by atoms with Crippen molar-refractivity contribution in [2.75, 3.05) is 0 Å². The molecule has 0 heterocycles. The molecule has 4 nitrogen and oxygen atoms in total. The number of rotatable bonds is 4. The summed E-state index contributed by atoms with van der Waals surface area (Å²) in [4.78, 5) is 26.4. The number of fused-ring (bicyclic) bond motifs is 2. The smallest absolute Gasteiger partial charge is 0.343 e. The van der Waals surface area contributed by atoms with Gasteiger partial charge in [0.25, 0.3) is 0 Å². The maximum atomic E-state index is 13.2. The number of hydrogen-bond donors (Lipinski definition) is 0. The van der Waals surface area contributed by atoms with Crippen LogP contribution in [0, 0.1) is 6.92 Å². The number of carbonyl (C=O) groups is 2. The maximum absolute atomic E-state index is 13.2. The Kier molecular flexibility index (Phi) is 6.26. The molecule has 0 atom stereocenters. The summed E-state index contributed by atoms with van der Waals surface area (Å²) in [6.07, 6.45) is 0. The normalized spacial score (nSPS) is 11.5. The maximum Gasteiger partial charge on any atom is 0.343 e. The zero-order valence-electron chi connectivity index (χ0n) is 21.4. The van der Waals surface area contributed by atoms with Gasteiger partial charge in [-0.2, -0.15) is 0 Å². The summed E-state index contributed by atoms with van der Waals surface area (Å²) in [5.74, 6) is -0.572. The van der Waals surface area contributed by atoms with E-state index in [2.05, 4.69) is 20.8 Å². The molecule has 5 aromatic rings. The van der Waals surface area contributed by atoms with Gasteiger partial charge in [-0.3, -0.25) is 0 Å². The van der Waals surface area contributed by atoms with Crippen molar-refractivity contribution in [2.24, 2.45) is 0 Å². The minimum Gasteiger partial charge on any atom is -0.419 e. The third kappa shape index (κ3) is 5.10. The monoisotopic (exact) mass is 488 g/mol. The van der Waals surface area contributed by atoms with Gasteiger partial charge < -0.3 is 9.47 Å². The van der Waals surface area contributed by atoms with E-state index < -0.39 is 11.9 Å². The molecular formula is C33H28O4. The molecule has 0 unspecified atom stereocenters. The predicted octanol–water partition coefficient (Wildman–Crippen LogP) is 8.04. The highest BCUT2D eigenvalue weighted by atomic mass is 16.6. The minimum atomic E-state index is -0.515. The summed E-state index contributed by atoms with van der Waals surface area (Å²) < 4.78 is 11.8. The van der Waals surface area contributed by atoms with Crippen molar-refractivity contribution < 1.29 is 19.1 Å². The van der Waals surface area contributed by atoms with Gasteiger partial charge in [-0.25, -0.2) is 9.59 Å². The zero-order valence-corrected chi connectivity index (χ0v) is 21.4. The average Bonchev–Trinajstić information content (AvgIpc) is 2.89. The Morgan fingerprint density at radius 1 is 0.595 bits per heavy atom. The Hall–Kier alpha value is -4.44. The third-order valence-electron chi connectivity index (χ3n) is 6.47. The van der Waals surface area contributed by atoms with Crippen LogP contribution in [-0.4, -0.2) is 11.9 Å². The molecule has 0 aliphatic rings. The quantitative estimate of drug-likeness (QED) is 0.190. The van der Waals surface area contributed by atoms with Gasteiger partial charge in [0, 0.05) is 0 Å². The Balaban J connectivity index is 1.50. The van der Waals surface area contributed by atoms with E-state index in [-0.39, 0.29) is 16.9 Å². The van der Waals surface area contributed by atoms with Gasteiger partial charge in [0.15, 0.2) is 11.5 Å². The lowest BCUT2D eigenvalue weighted by atomic mass is 9.86. The molecule has 37 heavy (non-hydrogen) atoms. The van der Waals surface area contributed by atoms with Crippen molar-refractivity contribution in [1.29, 1.82) is 0 Å². The average molecular weight is 489 g/mol. The highest BCUT2D eigenvalue weighted by molar-refractivity contribution is 5.98. The van der Waals surface area contributed by atoms with E-state index in [9.17, 15) is 9.59 Å². The second kappa shape index (κ2) is 9.55. The van der Waals surface area contributed by atoms with Crippen molar-refractivity contribution in [1.82, 2.24) is 0 Å². The van der Waals surface area contributed by atoms with Gasteiger partial charge in [0.05, 0.1) is 11.1 Å². The van der Waals surface area contributed by atoms with Crippen LogP contribution < -0.4 is 9.47 Å². The molecule has 0 saturated carbocycles. The lowest BCUT2D eigenvalue weighted by Crippen LogP contribution is -2.16. The first-order valence-electron chi connectivity index (χ1n) is 12.3. The topological polar surface area (TPSA) is 52.6 Å². The van der Waals surface area contributed by atoms with Gasteiger partial charge in [-0.15, -0.1) is 0 Å². The van der Waals surface area contributed by atoms with E-state index in [1.807, 2.05) is 73.7 Å². The number of carbonyl (C=O) groups excluding carboxylic acids is 2. The van der Waals surface area contributed by atoms with Crippen LogP contribution in [0.3, 0.4) is 0 Å². The highest BCUT2D eigenvalue weighted by Crippen LogP contribution is 2.38. The van der Waals surface area contributed by atoms with Crippen LogP contribution in [0.25, 0.3) is 21.5 Å². The Labute approximate surface area is 216 Å². The second-order valence-electron chi connectivity index (χ2n) is 10.3. The van der Waals surface area contributed by atoms with Gasteiger partial charge in [-0.1, -0.05) is 87.5 Å². The van der Waals surface area contributed by atoms with Crippen molar-refractivity contribution in [3.05, 3.63) is 119 Å². The Morgan fingerprint density at radius 2 is 1.08 bits per heavy atom. The van der Waals surface area contributed by atoms with Crippen LogP contribution >= 0.6 is 0 Å². The Bertz CT molecular complexity index is 1660. The van der Waals surface area contributed by atoms with Crippen LogP contribution in [0.5, 0.6) is 11.5 Å². The Morgan fingerprint density at radius 3 is 1.59 bits per heavy atom. The summed E-state index contributed by atoms with van der Waals surface area (Å²) in [7, 11) is 0. The van der Waals surface area contributed by atoms with Crippen LogP contribution in [0.2, 0.25) is 0 Å². The number of hydrogen-bond acceptors (Lipinski definition) is 4. The molecule has 0 N–H and O–H groups in total. The molecule has 0 bridgehead atoms. The first kappa shape index (κ1) is 24.3. The van der Waals surface area contributed by atoms with E-state index in [0.717, 1.165) is 27.1 Å². The van der Waals surface area contributed by atoms with E-state index in [0.29, 0.717) is 16.7 Å². The molecule has 0 aromatic heterocycles. The van der Waals surface area contributed by atoms with Crippen LogP contribution in [0.1, 0.15) is 52.6 Å². The summed E-state index contributed by atoms with van der Waals surface area (Å²) >= 11 is 0. The van der Waals surface area contributed by atoms with Crippen LogP contribution in [0.4, 0.5) is 0 Å². The lowest BCUT2D eigenvalue weighted by Gasteiger charge is -2.22. The fourth-order valence-electron chi connectivity index (χ4n) is 4.32. The fraction of sp³-hybridized carbons (Fsp3) is 0.152. The van der Waals surface area contributed by atoms with Crippen LogP contribution in [-0.2, 0) is 5.41 Å². The summed E-state index contributed by atoms with van der Waals surface area (Å²) in [6, 6.07) is 30.3. The molecule has 0 fully saturated rings. The fourth-order valence-corrected chi connectivity index (χ4v) is 4.32. The van der Waals surface area contributed by atoms with Gasteiger partial charge >= 0.3 is 11.9 Å². The SMILES string of the molecule is Cc1cc(C(C)(C)C)cc(OC(=O)c2ccc3ccccc3c2)c1OC(=O)c1ccc2ccccc2c1. The third-order valence-corrected chi connectivity index (χ3v) is 6.47. The van der Waals surface area contributed by atoms with Gasteiger partial charge in [0.2, 0.25) is 0 Å². The van der Waals surface area contributed by atoms with Gasteiger partial charge in [-0.05, 0) is 75.3 Å². The molecule has 0 aliphatic heterocycles. The van der Waals surface area contributed by atoms with E-state index in [1.54, 1.807) is 30.3 Å². The molecule has 0 aliphatic carbocycles. The van der Waals surface area contributed by atoms with E-state index >= 15 is 0 Å². The second-order valence-corrected chi connectivity index (χ2v) is 10.3. The molecule has 5 rings (SSSR count). The van der Waals surface area contributed by atoms with Gasteiger partial charge in [0.1, 0.15) is 0 Å². The number of esters is 2. The van der Waals surface area contributed by atoms with Crippen LogP contribution in [0.15, 0.2) is 97.1 Å². The molecule has 184 valence electrons. The molecule has 0 spiro atoms. The molecule has 0 amide bonds. The first-order valence-corrected chi connectivity index (χ1v) is 12.3. The molecular weight excluding hydrogens is 460 g/mol. The largest absolute Gasteiger partial charge is 0.419 e. The molecule has 5 aromatic carbocycles. The standard InChI is InChI=1S/C33H28O4/c1-21-17-28(33(2,3)4)20-29(36-31(34)26-15-13-22-9-5-7-11-24(22)18-26)30(21)37-32(35)27-16-14-23-10-6-8-12-25(23)19-27/h5-20H,1-4H3. The summed E-state index contributed by atoms with van der Waals surface area (Å²) in [5, 5.41) is 3.96. The van der Waals surface area contributed by atoms with E-state index in [4.69, 9.17) is 9.47 Å². The first-order chi connectivity index (χ1) is 17.7. The van der Waals surface area contributed by atoms with Crippen molar-refractivity contribution in [3.63, 3.8) is 0 Å². The summed E-state index contributed by atoms with van der Waals surface area (Å²) in [6.45, 7) is 8.10. The highest BCUT2D eigenvalue weighted by Gasteiger charge is 2.23. The van der Waals surface area contributed by atoms with Crippen molar-refractivity contribution in [3.8, 4) is 11.5 Å². The molecule has 4 heteroatoms. The molecule has 0 saturated heterocycles. The summed E-state index contributed by atoms with van der Waals surface area (Å²) in [5.41, 5.74) is 2.32. The van der Waals surface area contributed by atoms with E-state index in [1.165, 1.54) is 0 Å². The number of ether oxygens (including phenoxy) is 2.